The molecule has 0 amide bonds. The summed E-state index contributed by atoms with van der Waals surface area (Å²) >= 11 is 0. The summed E-state index contributed by atoms with van der Waals surface area (Å²) in [7, 11) is 0. The Morgan fingerprint density at radius 3 is 1.48 bits per heavy atom. The highest BCUT2D eigenvalue weighted by Crippen LogP contribution is 2.58. The van der Waals surface area contributed by atoms with Crippen LogP contribution in [-0.2, 0) is 0 Å². The molecule has 1 aromatic carbocycles. The van der Waals surface area contributed by atoms with E-state index in [1.165, 1.54) is 23.7 Å². The van der Waals surface area contributed by atoms with Crippen molar-refractivity contribution in [2.45, 2.75) is 80.1 Å². The lowest BCUT2D eigenvalue weighted by Gasteiger charge is -2.23. The average molecular weight is 321 g/mol. The van der Waals surface area contributed by atoms with E-state index in [1.807, 2.05) is 47.6 Å². The van der Waals surface area contributed by atoms with Crippen LogP contribution in [0.4, 0.5) is 0 Å². The van der Waals surface area contributed by atoms with Gasteiger partial charge < -0.3 is 5.11 Å². The number of benzene rings is 1. The van der Waals surface area contributed by atoms with E-state index in [1.54, 1.807) is 62.8 Å². The summed E-state index contributed by atoms with van der Waals surface area (Å²) in [4.78, 5) is 0. The summed E-state index contributed by atoms with van der Waals surface area (Å²) in [5.41, 5.74) is 0. The molecule has 3 fully saturated rings. The molecule has 1 aromatic rings. The lowest BCUT2D eigenvalue weighted by atomic mass is 9.82. The zero-order valence-corrected chi connectivity index (χ0v) is 16.4. The Morgan fingerprint density at radius 1 is 0.696 bits per heavy atom. The van der Waals surface area contributed by atoms with Crippen LogP contribution in [0, 0.1) is 23.7 Å². The Bertz CT molecular complexity index is 343. The highest BCUT2D eigenvalue weighted by atomic mass is 16.3. The first-order valence-corrected chi connectivity index (χ1v) is 10.1. The number of para-hydroxylation sites is 1. The summed E-state index contributed by atoms with van der Waals surface area (Å²) in [6.07, 6.45) is 9.53. The molecule has 3 saturated carbocycles. The number of fused-ring (bicyclic) bond motifs is 5. The van der Waals surface area contributed by atoms with Gasteiger partial charge >= 0.3 is 0 Å². The molecule has 0 heterocycles. The molecule has 1 N–H and O–H groups in total. The van der Waals surface area contributed by atoms with Crippen molar-refractivity contribution in [3.63, 3.8) is 0 Å². The molecule has 23 heavy (non-hydrogen) atoms. The van der Waals surface area contributed by atoms with Gasteiger partial charge in [0.15, 0.2) is 0 Å². The second kappa shape index (κ2) is 13.5. The van der Waals surface area contributed by atoms with Crippen molar-refractivity contribution in [3.05, 3.63) is 30.3 Å². The molecular formula is C22H40O. The van der Waals surface area contributed by atoms with Crippen molar-refractivity contribution in [2.24, 2.45) is 23.7 Å². The zero-order chi connectivity index (χ0) is 17.7. The average Bonchev–Trinajstić information content (AvgIpc) is 3.36. The number of phenolic OH excluding ortho intramolecular Hbond substituents is 1. The van der Waals surface area contributed by atoms with Crippen molar-refractivity contribution in [2.75, 3.05) is 0 Å². The van der Waals surface area contributed by atoms with E-state index < -0.39 is 0 Å². The van der Waals surface area contributed by atoms with Crippen LogP contribution in [0.25, 0.3) is 0 Å². The molecule has 3 aliphatic carbocycles. The Balaban J connectivity index is 0.000000331. The topological polar surface area (TPSA) is 20.2 Å². The van der Waals surface area contributed by atoms with Crippen molar-refractivity contribution < 1.29 is 5.11 Å². The fourth-order valence-electron chi connectivity index (χ4n) is 4.45. The maximum Gasteiger partial charge on any atom is 0.115 e. The number of rotatable bonds is 0. The molecule has 3 aliphatic rings. The zero-order valence-electron chi connectivity index (χ0n) is 16.4. The van der Waals surface area contributed by atoms with E-state index in [4.69, 9.17) is 5.11 Å². The minimum atomic E-state index is 0.322. The van der Waals surface area contributed by atoms with Gasteiger partial charge in [0, 0.05) is 0 Å². The molecule has 1 heteroatoms. The van der Waals surface area contributed by atoms with Gasteiger partial charge in [0.2, 0.25) is 0 Å². The molecule has 0 aliphatic heterocycles. The van der Waals surface area contributed by atoms with Crippen LogP contribution in [0.3, 0.4) is 0 Å². The summed E-state index contributed by atoms with van der Waals surface area (Å²) in [6.45, 7) is 12.0. The standard InChI is InChI=1S/C10H16.C6H6O.3C2H6/c1-2-9-7-4-5-8(6-7)10(9)3-1;7-6-4-2-1-3-5-6;3*1-2/h7-10H,1-6H2;1-5,7H;3*1-2H3. The minimum Gasteiger partial charge on any atom is -0.508 e. The largest absolute Gasteiger partial charge is 0.508 e. The number of hydrogen-bond donors (Lipinski definition) is 1. The Labute approximate surface area is 145 Å². The van der Waals surface area contributed by atoms with Crippen LogP contribution in [0.15, 0.2) is 30.3 Å². The summed E-state index contributed by atoms with van der Waals surface area (Å²) in [5.74, 6) is 5.12. The third-order valence-electron chi connectivity index (χ3n) is 5.11. The smallest absolute Gasteiger partial charge is 0.115 e. The van der Waals surface area contributed by atoms with Gasteiger partial charge in [0.1, 0.15) is 5.75 Å². The first-order chi connectivity index (χ1) is 11.3. The van der Waals surface area contributed by atoms with Crippen molar-refractivity contribution in [3.8, 4) is 5.75 Å². The lowest BCUT2D eigenvalue weighted by molar-refractivity contribution is 0.259. The third kappa shape index (κ3) is 6.57. The molecular weight excluding hydrogens is 280 g/mol. The molecule has 1 nitrogen and oxygen atoms in total. The van der Waals surface area contributed by atoms with Crippen molar-refractivity contribution >= 4 is 0 Å². The van der Waals surface area contributed by atoms with Gasteiger partial charge in [0.05, 0.1) is 0 Å². The second-order valence-corrected chi connectivity index (χ2v) is 5.93. The fraction of sp³-hybridized carbons (Fsp3) is 0.727. The summed E-state index contributed by atoms with van der Waals surface area (Å²) < 4.78 is 0. The molecule has 134 valence electrons. The number of aromatic hydroxyl groups is 1. The Kier molecular flexibility index (Phi) is 12.9. The van der Waals surface area contributed by atoms with Gasteiger partial charge in [-0.3, -0.25) is 0 Å². The maximum absolute atomic E-state index is 8.63. The molecule has 4 unspecified atom stereocenters. The van der Waals surface area contributed by atoms with Crippen LogP contribution in [0.5, 0.6) is 5.75 Å². The first kappa shape index (κ1) is 22.0. The van der Waals surface area contributed by atoms with E-state index in [0.717, 1.165) is 0 Å². The van der Waals surface area contributed by atoms with Crippen LogP contribution >= 0.6 is 0 Å². The van der Waals surface area contributed by atoms with E-state index in [0.29, 0.717) is 5.75 Å². The number of phenols is 1. The van der Waals surface area contributed by atoms with Gasteiger partial charge in [-0.05, 0) is 67.9 Å². The Hall–Kier alpha value is -0.980. The monoisotopic (exact) mass is 320 g/mol. The Morgan fingerprint density at radius 2 is 1.13 bits per heavy atom. The van der Waals surface area contributed by atoms with Crippen molar-refractivity contribution in [1.82, 2.24) is 0 Å². The molecule has 0 spiro atoms. The lowest BCUT2D eigenvalue weighted by Crippen LogP contribution is -2.15. The van der Waals surface area contributed by atoms with E-state index in [-0.39, 0.29) is 0 Å². The van der Waals surface area contributed by atoms with E-state index in [9.17, 15) is 0 Å². The van der Waals surface area contributed by atoms with Crippen LogP contribution in [-0.4, -0.2) is 5.11 Å². The molecule has 4 rings (SSSR count). The quantitative estimate of drug-likeness (QED) is 0.531. The van der Waals surface area contributed by atoms with Crippen molar-refractivity contribution in [1.29, 1.82) is 0 Å². The van der Waals surface area contributed by atoms with Crippen LogP contribution < -0.4 is 0 Å². The van der Waals surface area contributed by atoms with E-state index >= 15 is 0 Å². The molecule has 0 saturated heterocycles. The highest BCUT2D eigenvalue weighted by molar-refractivity contribution is 5.18. The molecule has 4 atom stereocenters. The van der Waals surface area contributed by atoms with Gasteiger partial charge in [-0.15, -0.1) is 0 Å². The van der Waals surface area contributed by atoms with Gasteiger partial charge in [-0.1, -0.05) is 66.2 Å². The molecule has 0 radical (unpaired) electrons. The SMILES string of the molecule is C1CC2C3CCC(C3)C2C1.CC.CC.CC.Oc1ccccc1. The van der Waals surface area contributed by atoms with Crippen LogP contribution in [0.1, 0.15) is 80.1 Å². The van der Waals surface area contributed by atoms with Gasteiger partial charge in [0.25, 0.3) is 0 Å². The predicted molar refractivity (Wildman–Crippen MR) is 104 cm³/mol. The molecule has 2 bridgehead atoms. The van der Waals surface area contributed by atoms with Gasteiger partial charge in [-0.2, -0.15) is 0 Å². The van der Waals surface area contributed by atoms with Crippen LogP contribution in [0.2, 0.25) is 0 Å². The fourth-order valence-corrected chi connectivity index (χ4v) is 4.45. The first-order valence-electron chi connectivity index (χ1n) is 10.1. The molecule has 0 aromatic heterocycles. The summed E-state index contributed by atoms with van der Waals surface area (Å²) in [6, 6.07) is 8.71. The second-order valence-electron chi connectivity index (χ2n) is 5.93. The number of hydrogen-bond acceptors (Lipinski definition) is 1. The predicted octanol–water partition coefficient (Wildman–Crippen LogP) is 7.30. The highest BCUT2D eigenvalue weighted by Gasteiger charge is 2.48. The van der Waals surface area contributed by atoms with Gasteiger partial charge in [-0.25, -0.2) is 0 Å². The minimum absolute atomic E-state index is 0.322. The maximum atomic E-state index is 8.63. The third-order valence-corrected chi connectivity index (χ3v) is 5.11. The normalized spacial score (nSPS) is 28.4. The summed E-state index contributed by atoms with van der Waals surface area (Å²) in [5, 5.41) is 8.63. The van der Waals surface area contributed by atoms with E-state index in [2.05, 4.69) is 0 Å².